The Balaban J connectivity index is 2.32. The molecule has 1 aromatic rings. The number of thioether (sulfide) groups is 1. The highest BCUT2D eigenvalue weighted by molar-refractivity contribution is 9.10. The van der Waals surface area contributed by atoms with Crippen molar-refractivity contribution in [3.8, 4) is 5.75 Å². The van der Waals surface area contributed by atoms with E-state index in [-0.39, 0.29) is 0 Å². The normalized spacial score (nSPS) is 10.0. The summed E-state index contributed by atoms with van der Waals surface area (Å²) in [5, 5.41) is 0. The van der Waals surface area contributed by atoms with Gasteiger partial charge in [0.05, 0.1) is 11.1 Å². The highest BCUT2D eigenvalue weighted by Crippen LogP contribution is 2.23. The molecule has 0 unspecified atom stereocenters. The molecule has 72 valence electrons. The van der Waals surface area contributed by atoms with E-state index in [1.807, 2.05) is 36.0 Å². The Morgan fingerprint density at radius 2 is 2.15 bits per heavy atom. The molecule has 0 aromatic heterocycles. The molecule has 13 heavy (non-hydrogen) atoms. The molecule has 0 spiro atoms. The van der Waals surface area contributed by atoms with Crippen LogP contribution in [0.3, 0.4) is 0 Å². The molecule has 0 radical (unpaired) electrons. The van der Waals surface area contributed by atoms with E-state index in [2.05, 4.69) is 22.9 Å². The van der Waals surface area contributed by atoms with Gasteiger partial charge in [0.15, 0.2) is 0 Å². The lowest BCUT2D eigenvalue weighted by Gasteiger charge is -2.06. The van der Waals surface area contributed by atoms with Crippen molar-refractivity contribution in [1.82, 2.24) is 0 Å². The number of benzene rings is 1. The zero-order chi connectivity index (χ0) is 9.52. The molecule has 0 saturated carbocycles. The minimum atomic E-state index is 0.779. The summed E-state index contributed by atoms with van der Waals surface area (Å²) in [6.45, 7) is 2.93. The lowest BCUT2D eigenvalue weighted by Crippen LogP contribution is -2.00. The number of para-hydroxylation sites is 1. The van der Waals surface area contributed by atoms with Gasteiger partial charge in [0.2, 0.25) is 0 Å². The largest absolute Gasteiger partial charge is 0.492 e. The summed E-state index contributed by atoms with van der Waals surface area (Å²) in [5.74, 6) is 3.14. The summed E-state index contributed by atoms with van der Waals surface area (Å²) in [5.41, 5.74) is 0. The van der Waals surface area contributed by atoms with Crippen LogP contribution in [0.2, 0.25) is 0 Å². The average molecular weight is 261 g/mol. The van der Waals surface area contributed by atoms with E-state index >= 15 is 0 Å². The van der Waals surface area contributed by atoms with E-state index in [0.29, 0.717) is 0 Å². The second-order valence-electron chi connectivity index (χ2n) is 2.48. The van der Waals surface area contributed by atoms with E-state index in [0.717, 1.165) is 28.3 Å². The first-order valence-corrected chi connectivity index (χ1v) is 6.24. The van der Waals surface area contributed by atoms with Crippen molar-refractivity contribution in [3.05, 3.63) is 28.7 Å². The van der Waals surface area contributed by atoms with Crippen LogP contribution in [0, 0.1) is 0 Å². The van der Waals surface area contributed by atoms with Crippen molar-refractivity contribution >= 4 is 27.7 Å². The molecule has 0 saturated heterocycles. The Labute approximate surface area is 92.0 Å². The summed E-state index contributed by atoms with van der Waals surface area (Å²) < 4.78 is 6.60. The fourth-order valence-electron chi connectivity index (χ4n) is 0.917. The van der Waals surface area contributed by atoms with E-state index in [1.54, 1.807) is 0 Å². The molecule has 1 rings (SSSR count). The van der Waals surface area contributed by atoms with Crippen molar-refractivity contribution < 1.29 is 4.74 Å². The molecular weight excluding hydrogens is 248 g/mol. The molecule has 1 aromatic carbocycles. The Hall–Kier alpha value is -0.150. The second-order valence-corrected chi connectivity index (χ2v) is 4.72. The molecule has 0 amide bonds. The minimum absolute atomic E-state index is 0.779. The van der Waals surface area contributed by atoms with Gasteiger partial charge in [0.25, 0.3) is 0 Å². The second kappa shape index (κ2) is 6.33. The van der Waals surface area contributed by atoms with Gasteiger partial charge in [0, 0.05) is 5.75 Å². The maximum atomic E-state index is 5.57. The Morgan fingerprint density at radius 1 is 1.38 bits per heavy atom. The van der Waals surface area contributed by atoms with E-state index in [9.17, 15) is 0 Å². The van der Waals surface area contributed by atoms with Crippen LogP contribution in [0.5, 0.6) is 5.75 Å². The molecule has 0 fully saturated rings. The number of halogens is 1. The van der Waals surface area contributed by atoms with Gasteiger partial charge in [-0.15, -0.1) is 0 Å². The summed E-state index contributed by atoms with van der Waals surface area (Å²) in [4.78, 5) is 0. The molecule has 0 aliphatic rings. The molecular formula is C10H13BrOS. The first-order valence-electron chi connectivity index (χ1n) is 4.29. The summed E-state index contributed by atoms with van der Waals surface area (Å²) >= 11 is 5.33. The van der Waals surface area contributed by atoms with Crippen molar-refractivity contribution in [2.75, 3.05) is 18.1 Å². The topological polar surface area (TPSA) is 9.23 Å². The molecule has 0 aliphatic heterocycles. The molecule has 0 N–H and O–H groups in total. The van der Waals surface area contributed by atoms with Crippen LogP contribution in [0.1, 0.15) is 6.92 Å². The first-order chi connectivity index (χ1) is 6.34. The van der Waals surface area contributed by atoms with Gasteiger partial charge in [-0.1, -0.05) is 19.1 Å². The fraction of sp³-hybridized carbons (Fsp3) is 0.400. The SMILES string of the molecule is CCSCCOc1ccccc1Br. The van der Waals surface area contributed by atoms with E-state index in [4.69, 9.17) is 4.74 Å². The Morgan fingerprint density at radius 3 is 2.85 bits per heavy atom. The molecule has 3 heteroatoms. The molecule has 0 bridgehead atoms. The van der Waals surface area contributed by atoms with Crippen LogP contribution < -0.4 is 4.74 Å². The smallest absolute Gasteiger partial charge is 0.133 e. The summed E-state index contributed by atoms with van der Waals surface area (Å²) in [7, 11) is 0. The van der Waals surface area contributed by atoms with Crippen LogP contribution >= 0.6 is 27.7 Å². The molecule has 0 heterocycles. The maximum Gasteiger partial charge on any atom is 0.133 e. The number of hydrogen-bond donors (Lipinski definition) is 0. The standard InChI is InChI=1S/C10H13BrOS/c1-2-13-8-7-12-10-6-4-3-5-9(10)11/h3-6H,2,7-8H2,1H3. The third-order valence-corrected chi connectivity index (χ3v) is 3.04. The summed E-state index contributed by atoms with van der Waals surface area (Å²) in [6, 6.07) is 7.92. The Kier molecular flexibility index (Phi) is 5.32. The highest BCUT2D eigenvalue weighted by Gasteiger charge is 1.97. The fourth-order valence-corrected chi connectivity index (χ4v) is 1.81. The van der Waals surface area contributed by atoms with Crippen molar-refractivity contribution in [2.45, 2.75) is 6.92 Å². The minimum Gasteiger partial charge on any atom is -0.492 e. The van der Waals surface area contributed by atoms with Gasteiger partial charge >= 0.3 is 0 Å². The average Bonchev–Trinajstić information content (AvgIpc) is 2.15. The van der Waals surface area contributed by atoms with Gasteiger partial charge in [-0.2, -0.15) is 11.8 Å². The van der Waals surface area contributed by atoms with Gasteiger partial charge in [-0.25, -0.2) is 0 Å². The monoisotopic (exact) mass is 260 g/mol. The van der Waals surface area contributed by atoms with Crippen molar-refractivity contribution in [1.29, 1.82) is 0 Å². The molecule has 1 nitrogen and oxygen atoms in total. The van der Waals surface area contributed by atoms with E-state index < -0.39 is 0 Å². The first kappa shape index (κ1) is 10.9. The zero-order valence-corrected chi connectivity index (χ0v) is 10.0. The van der Waals surface area contributed by atoms with Crippen LogP contribution in [-0.2, 0) is 0 Å². The van der Waals surface area contributed by atoms with Gasteiger partial charge in [-0.3, -0.25) is 0 Å². The molecule has 0 atom stereocenters. The third-order valence-electron chi connectivity index (χ3n) is 1.53. The zero-order valence-electron chi connectivity index (χ0n) is 7.63. The van der Waals surface area contributed by atoms with Crippen LogP contribution in [0.25, 0.3) is 0 Å². The van der Waals surface area contributed by atoms with Crippen LogP contribution in [0.15, 0.2) is 28.7 Å². The highest BCUT2D eigenvalue weighted by atomic mass is 79.9. The van der Waals surface area contributed by atoms with Gasteiger partial charge in [0.1, 0.15) is 5.75 Å². The quantitative estimate of drug-likeness (QED) is 0.749. The Bertz CT molecular complexity index is 252. The number of ether oxygens (including phenoxy) is 1. The predicted octanol–water partition coefficient (Wildman–Crippen LogP) is 3.58. The lowest BCUT2D eigenvalue weighted by molar-refractivity contribution is 0.342. The number of rotatable bonds is 5. The molecule has 0 aliphatic carbocycles. The maximum absolute atomic E-state index is 5.57. The van der Waals surface area contributed by atoms with E-state index in [1.165, 1.54) is 0 Å². The number of hydrogen-bond acceptors (Lipinski definition) is 2. The van der Waals surface area contributed by atoms with Crippen LogP contribution in [0.4, 0.5) is 0 Å². The van der Waals surface area contributed by atoms with Gasteiger partial charge in [-0.05, 0) is 33.8 Å². The van der Waals surface area contributed by atoms with Gasteiger partial charge < -0.3 is 4.74 Å². The summed E-state index contributed by atoms with van der Waals surface area (Å²) in [6.07, 6.45) is 0. The predicted molar refractivity (Wildman–Crippen MR) is 62.6 cm³/mol. The third kappa shape index (κ3) is 4.05. The van der Waals surface area contributed by atoms with Crippen LogP contribution in [-0.4, -0.2) is 18.1 Å². The van der Waals surface area contributed by atoms with Crippen molar-refractivity contribution in [2.24, 2.45) is 0 Å². The lowest BCUT2D eigenvalue weighted by atomic mass is 10.3. The van der Waals surface area contributed by atoms with Crippen molar-refractivity contribution in [3.63, 3.8) is 0 Å².